The van der Waals surface area contributed by atoms with E-state index in [9.17, 15) is 14.0 Å². The van der Waals surface area contributed by atoms with Crippen LogP contribution in [0.5, 0.6) is 0 Å². The molecule has 1 aliphatic heterocycles. The normalized spacial score (nSPS) is 16.9. The zero-order valence-electron chi connectivity index (χ0n) is 15.6. The summed E-state index contributed by atoms with van der Waals surface area (Å²) in [7, 11) is 0. The molecule has 1 fully saturated rings. The Morgan fingerprint density at radius 2 is 2.15 bits per heavy atom. The third kappa shape index (κ3) is 4.83. The minimum absolute atomic E-state index is 0.176. The summed E-state index contributed by atoms with van der Waals surface area (Å²) in [6.07, 6.45) is 4.33. The van der Waals surface area contributed by atoms with Crippen LogP contribution in [0.25, 0.3) is 0 Å². The molecule has 2 N–H and O–H groups in total. The first-order valence-corrected chi connectivity index (χ1v) is 9.48. The van der Waals surface area contributed by atoms with Gasteiger partial charge in [0.2, 0.25) is 0 Å². The van der Waals surface area contributed by atoms with Crippen molar-refractivity contribution in [1.82, 2.24) is 15.2 Å². The summed E-state index contributed by atoms with van der Waals surface area (Å²) in [5, 5.41) is 6.10. The van der Waals surface area contributed by atoms with Crippen LogP contribution in [0.15, 0.2) is 41.3 Å². The number of benzene rings is 1. The Kier molecular flexibility index (Phi) is 6.40. The van der Waals surface area contributed by atoms with Gasteiger partial charge in [-0.25, -0.2) is 4.39 Å². The highest BCUT2D eigenvalue weighted by Crippen LogP contribution is 2.12. The number of carbonyl (C=O) groups excluding carboxylic acids is 1. The lowest BCUT2D eigenvalue weighted by Crippen LogP contribution is -2.38. The minimum Gasteiger partial charge on any atom is -0.352 e. The molecule has 2 heterocycles. The average molecular weight is 371 g/mol. The summed E-state index contributed by atoms with van der Waals surface area (Å²) in [6, 6.07) is 8.30. The van der Waals surface area contributed by atoms with E-state index in [-0.39, 0.29) is 23.5 Å². The van der Waals surface area contributed by atoms with Gasteiger partial charge in [0.15, 0.2) is 0 Å². The molecule has 1 saturated heterocycles. The van der Waals surface area contributed by atoms with Crippen molar-refractivity contribution < 1.29 is 9.18 Å². The summed E-state index contributed by atoms with van der Waals surface area (Å²) in [5.41, 5.74) is 1.12. The van der Waals surface area contributed by atoms with Crippen LogP contribution in [0.4, 0.5) is 4.39 Å². The van der Waals surface area contributed by atoms with E-state index in [4.69, 9.17) is 0 Å². The number of hydrogen-bond acceptors (Lipinski definition) is 3. The second-order valence-corrected chi connectivity index (χ2v) is 7.14. The number of carbonyl (C=O) groups is 1. The Hall–Kier alpha value is -2.47. The molecular weight excluding hydrogens is 345 g/mol. The topological polar surface area (TPSA) is 63.1 Å². The van der Waals surface area contributed by atoms with Crippen molar-refractivity contribution in [1.29, 1.82) is 0 Å². The summed E-state index contributed by atoms with van der Waals surface area (Å²) in [5.74, 6) is -0.285. The molecule has 0 bridgehead atoms. The third-order valence-corrected chi connectivity index (χ3v) is 5.09. The van der Waals surface area contributed by atoms with Crippen molar-refractivity contribution >= 4 is 5.91 Å². The van der Waals surface area contributed by atoms with Crippen LogP contribution in [0.2, 0.25) is 0 Å². The number of rotatable bonds is 6. The standard InChI is InChI=1S/C21H26FN3O2/c1-15-9-12-25(14-16-5-4-10-23-13-16)21(27)19(15)20(26)24-11-8-17-6-2-3-7-18(17)22/h2-3,6-7,9,12,16,23H,4-5,8,10-11,13-14H2,1H3,(H,24,26). The molecule has 2 aromatic rings. The number of pyridine rings is 1. The summed E-state index contributed by atoms with van der Waals surface area (Å²) >= 11 is 0. The fraction of sp³-hybridized carbons (Fsp3) is 0.429. The van der Waals surface area contributed by atoms with Gasteiger partial charge in [-0.2, -0.15) is 0 Å². The maximum absolute atomic E-state index is 13.7. The van der Waals surface area contributed by atoms with Gasteiger partial charge in [0.05, 0.1) is 0 Å². The van der Waals surface area contributed by atoms with Crippen molar-refractivity contribution in [3.8, 4) is 0 Å². The van der Waals surface area contributed by atoms with Gasteiger partial charge in [-0.15, -0.1) is 0 Å². The Balaban J connectivity index is 1.67. The molecule has 0 saturated carbocycles. The van der Waals surface area contributed by atoms with Gasteiger partial charge in [0.1, 0.15) is 11.4 Å². The maximum atomic E-state index is 13.7. The molecule has 1 aliphatic rings. The van der Waals surface area contributed by atoms with Gasteiger partial charge < -0.3 is 15.2 Å². The van der Waals surface area contributed by atoms with E-state index in [1.165, 1.54) is 6.07 Å². The van der Waals surface area contributed by atoms with Crippen LogP contribution in [0.3, 0.4) is 0 Å². The maximum Gasteiger partial charge on any atom is 0.263 e. The van der Waals surface area contributed by atoms with Crippen molar-refractivity contribution in [2.75, 3.05) is 19.6 Å². The van der Waals surface area contributed by atoms with E-state index in [1.807, 2.05) is 6.07 Å². The summed E-state index contributed by atoms with van der Waals surface area (Å²) < 4.78 is 15.3. The van der Waals surface area contributed by atoms with Crippen LogP contribution in [-0.2, 0) is 13.0 Å². The number of piperidine rings is 1. The second-order valence-electron chi connectivity index (χ2n) is 7.14. The van der Waals surface area contributed by atoms with E-state index < -0.39 is 5.91 Å². The largest absolute Gasteiger partial charge is 0.352 e. The lowest BCUT2D eigenvalue weighted by atomic mass is 9.99. The molecule has 1 amide bonds. The quantitative estimate of drug-likeness (QED) is 0.819. The van der Waals surface area contributed by atoms with Crippen LogP contribution in [0.1, 0.15) is 34.3 Å². The zero-order chi connectivity index (χ0) is 19.2. The Bertz CT molecular complexity index is 857. The first-order chi connectivity index (χ1) is 13.1. The molecule has 27 heavy (non-hydrogen) atoms. The molecule has 1 aromatic carbocycles. The van der Waals surface area contributed by atoms with Gasteiger partial charge in [-0.1, -0.05) is 18.2 Å². The lowest BCUT2D eigenvalue weighted by Gasteiger charge is -2.23. The highest BCUT2D eigenvalue weighted by molar-refractivity contribution is 5.95. The van der Waals surface area contributed by atoms with Crippen LogP contribution >= 0.6 is 0 Å². The molecular formula is C21H26FN3O2. The molecule has 1 aromatic heterocycles. The molecule has 144 valence electrons. The first kappa shape index (κ1) is 19.3. The minimum atomic E-state index is -0.398. The fourth-order valence-electron chi connectivity index (χ4n) is 3.54. The van der Waals surface area contributed by atoms with Crippen LogP contribution < -0.4 is 16.2 Å². The monoisotopic (exact) mass is 371 g/mol. The molecule has 0 aliphatic carbocycles. The number of halogens is 1. The number of amides is 1. The molecule has 1 unspecified atom stereocenters. The first-order valence-electron chi connectivity index (χ1n) is 9.48. The number of hydrogen-bond donors (Lipinski definition) is 2. The van der Waals surface area contributed by atoms with Crippen molar-refractivity contribution in [3.63, 3.8) is 0 Å². The molecule has 6 heteroatoms. The smallest absolute Gasteiger partial charge is 0.263 e. The summed E-state index contributed by atoms with van der Waals surface area (Å²) in [4.78, 5) is 25.4. The molecule has 3 rings (SSSR count). The van der Waals surface area contributed by atoms with Crippen molar-refractivity contribution in [3.05, 3.63) is 69.4 Å². The number of aromatic nitrogens is 1. The van der Waals surface area contributed by atoms with E-state index in [0.717, 1.165) is 25.9 Å². The Labute approximate surface area is 158 Å². The van der Waals surface area contributed by atoms with Crippen LogP contribution in [-0.4, -0.2) is 30.1 Å². The Morgan fingerprint density at radius 1 is 1.33 bits per heavy atom. The molecule has 1 atom stereocenters. The SMILES string of the molecule is Cc1ccn(CC2CCCNC2)c(=O)c1C(=O)NCCc1ccccc1F. The molecule has 5 nitrogen and oxygen atoms in total. The van der Waals surface area contributed by atoms with E-state index in [2.05, 4.69) is 10.6 Å². The lowest BCUT2D eigenvalue weighted by molar-refractivity contribution is 0.0951. The zero-order valence-corrected chi connectivity index (χ0v) is 15.6. The van der Waals surface area contributed by atoms with Gasteiger partial charge in [-0.05, 0) is 68.5 Å². The predicted octanol–water partition coefficient (Wildman–Crippen LogP) is 2.27. The van der Waals surface area contributed by atoms with Gasteiger partial charge in [0.25, 0.3) is 11.5 Å². The fourth-order valence-corrected chi connectivity index (χ4v) is 3.54. The average Bonchev–Trinajstić information content (AvgIpc) is 2.66. The second kappa shape index (κ2) is 8.95. The molecule has 0 spiro atoms. The van der Waals surface area contributed by atoms with E-state index >= 15 is 0 Å². The van der Waals surface area contributed by atoms with Crippen LogP contribution in [0, 0.1) is 18.7 Å². The van der Waals surface area contributed by atoms with Crippen molar-refractivity contribution in [2.45, 2.75) is 32.7 Å². The van der Waals surface area contributed by atoms with Gasteiger partial charge in [0, 0.05) is 19.3 Å². The highest BCUT2D eigenvalue weighted by Gasteiger charge is 2.19. The number of aryl methyl sites for hydroxylation is 1. The van der Waals surface area contributed by atoms with E-state index in [1.54, 1.807) is 35.9 Å². The molecule has 0 radical (unpaired) electrons. The van der Waals surface area contributed by atoms with Crippen molar-refractivity contribution in [2.24, 2.45) is 5.92 Å². The highest BCUT2D eigenvalue weighted by atomic mass is 19.1. The van der Waals surface area contributed by atoms with Gasteiger partial charge in [-0.3, -0.25) is 9.59 Å². The van der Waals surface area contributed by atoms with Gasteiger partial charge >= 0.3 is 0 Å². The number of nitrogens with one attached hydrogen (secondary N) is 2. The third-order valence-electron chi connectivity index (χ3n) is 5.09. The Morgan fingerprint density at radius 3 is 2.89 bits per heavy atom. The van der Waals surface area contributed by atoms with E-state index in [0.29, 0.717) is 30.0 Å². The predicted molar refractivity (Wildman–Crippen MR) is 103 cm³/mol. The number of nitrogens with zero attached hydrogens (tertiary/aromatic N) is 1. The summed E-state index contributed by atoms with van der Waals surface area (Å²) in [6.45, 7) is 4.57.